The van der Waals surface area contributed by atoms with Crippen LogP contribution in [0.3, 0.4) is 0 Å². The molecule has 7 heteroatoms. The van der Waals surface area contributed by atoms with Crippen molar-refractivity contribution in [2.45, 2.75) is 18.8 Å². The molecule has 142 valence electrons. The zero-order valence-electron chi connectivity index (χ0n) is 15.3. The number of halogens is 1. The second kappa shape index (κ2) is 8.71. The number of aryl methyl sites for hydroxylation is 1. The van der Waals surface area contributed by atoms with Crippen molar-refractivity contribution in [3.05, 3.63) is 56.9 Å². The van der Waals surface area contributed by atoms with E-state index in [0.717, 1.165) is 22.1 Å². The predicted molar refractivity (Wildman–Crippen MR) is 114 cm³/mol. The number of amides is 1. The monoisotopic (exact) mass is 448 g/mol. The van der Waals surface area contributed by atoms with Gasteiger partial charge in [0.05, 0.1) is 23.6 Å². The fraction of sp³-hybridized carbons (Fsp3) is 0.250. The Balaban J connectivity index is 1.76. The first kappa shape index (κ1) is 19.6. The van der Waals surface area contributed by atoms with E-state index in [1.807, 2.05) is 30.3 Å². The van der Waals surface area contributed by atoms with Crippen LogP contribution >= 0.6 is 27.7 Å². The molecule has 1 aliphatic rings. The number of thioether (sulfide) groups is 1. The quantitative estimate of drug-likeness (QED) is 0.630. The smallest absolute Gasteiger partial charge is 0.260 e. The van der Waals surface area contributed by atoms with Crippen molar-refractivity contribution >= 4 is 45.4 Å². The van der Waals surface area contributed by atoms with E-state index in [9.17, 15) is 4.79 Å². The summed E-state index contributed by atoms with van der Waals surface area (Å²) >= 11 is 4.93. The average molecular weight is 449 g/mol. The van der Waals surface area contributed by atoms with Crippen LogP contribution in [0.4, 0.5) is 5.69 Å². The van der Waals surface area contributed by atoms with Crippen LogP contribution < -0.4 is 20.1 Å². The molecule has 1 aliphatic heterocycles. The van der Waals surface area contributed by atoms with Gasteiger partial charge in [-0.15, -0.1) is 0 Å². The Hall–Kier alpha value is -2.12. The molecule has 0 aliphatic carbocycles. The summed E-state index contributed by atoms with van der Waals surface area (Å²) in [6.07, 6.45) is 2.84. The highest BCUT2D eigenvalue weighted by Crippen LogP contribution is 2.38. The molecule has 1 unspecified atom stereocenters. The van der Waals surface area contributed by atoms with Gasteiger partial charge >= 0.3 is 0 Å². The molecule has 0 saturated carbocycles. The molecule has 1 saturated heterocycles. The van der Waals surface area contributed by atoms with Crippen LogP contribution in [0.15, 0.2) is 45.8 Å². The van der Waals surface area contributed by atoms with E-state index >= 15 is 0 Å². The maximum absolute atomic E-state index is 12.3. The summed E-state index contributed by atoms with van der Waals surface area (Å²) in [6, 6.07) is 12.0. The average Bonchev–Trinajstić information content (AvgIpc) is 3.00. The van der Waals surface area contributed by atoms with Crippen LogP contribution in [0.25, 0.3) is 6.08 Å². The molecule has 2 aromatic rings. The Morgan fingerprint density at radius 1 is 1.22 bits per heavy atom. The second-order valence-electron chi connectivity index (χ2n) is 5.91. The summed E-state index contributed by atoms with van der Waals surface area (Å²) in [5.74, 6) is 1.12. The number of hydrogen-bond donors (Lipinski definition) is 2. The number of carbonyl (C=O) groups is 1. The molecular weight excluding hydrogens is 428 g/mol. The van der Waals surface area contributed by atoms with E-state index in [0.29, 0.717) is 16.4 Å². The fourth-order valence-electron chi connectivity index (χ4n) is 2.73. The first-order valence-corrected chi connectivity index (χ1v) is 10.2. The summed E-state index contributed by atoms with van der Waals surface area (Å²) in [5, 5.41) is 6.27. The normalized spacial score (nSPS) is 17.7. The number of nitrogens with one attached hydrogen (secondary N) is 2. The van der Waals surface area contributed by atoms with Crippen molar-refractivity contribution in [2.24, 2.45) is 0 Å². The van der Waals surface area contributed by atoms with Gasteiger partial charge in [0.15, 0.2) is 17.0 Å². The summed E-state index contributed by atoms with van der Waals surface area (Å²) in [5.41, 5.74) is 2.90. The lowest BCUT2D eigenvalue weighted by Crippen LogP contribution is -2.30. The highest BCUT2D eigenvalue weighted by atomic mass is 79.9. The number of benzene rings is 2. The van der Waals surface area contributed by atoms with Gasteiger partial charge in [-0.3, -0.25) is 4.79 Å². The van der Waals surface area contributed by atoms with Gasteiger partial charge in [-0.2, -0.15) is 0 Å². The van der Waals surface area contributed by atoms with Gasteiger partial charge in [0, 0.05) is 5.69 Å². The molecule has 0 bridgehead atoms. The van der Waals surface area contributed by atoms with E-state index in [4.69, 9.17) is 9.47 Å². The first-order chi connectivity index (χ1) is 13.0. The maximum atomic E-state index is 12.3. The number of carbonyl (C=O) groups excluding carboxylic acids is 1. The van der Waals surface area contributed by atoms with E-state index in [1.165, 1.54) is 17.3 Å². The van der Waals surface area contributed by atoms with Crippen LogP contribution in [0.1, 0.15) is 18.1 Å². The number of methoxy groups -OCH3 is 2. The van der Waals surface area contributed by atoms with Crippen LogP contribution in [-0.4, -0.2) is 25.6 Å². The Bertz CT molecular complexity index is 868. The lowest BCUT2D eigenvalue weighted by molar-refractivity contribution is -0.116. The van der Waals surface area contributed by atoms with Gasteiger partial charge in [-0.1, -0.05) is 30.8 Å². The highest BCUT2D eigenvalue weighted by Gasteiger charge is 2.27. The van der Waals surface area contributed by atoms with E-state index in [1.54, 1.807) is 14.2 Å². The third kappa shape index (κ3) is 4.59. The van der Waals surface area contributed by atoms with Crippen molar-refractivity contribution < 1.29 is 14.3 Å². The second-order valence-corrected chi connectivity index (χ2v) is 7.91. The van der Waals surface area contributed by atoms with Crippen molar-refractivity contribution in [1.82, 2.24) is 5.32 Å². The number of rotatable bonds is 6. The molecule has 0 radical (unpaired) electrons. The minimum atomic E-state index is -0.209. The Morgan fingerprint density at radius 3 is 2.59 bits per heavy atom. The lowest BCUT2D eigenvalue weighted by Gasteiger charge is -2.13. The minimum absolute atomic E-state index is 0.103. The maximum Gasteiger partial charge on any atom is 0.260 e. The molecule has 1 amide bonds. The van der Waals surface area contributed by atoms with E-state index < -0.39 is 0 Å². The molecule has 2 aromatic carbocycles. The zero-order chi connectivity index (χ0) is 19.4. The summed E-state index contributed by atoms with van der Waals surface area (Å²) in [7, 11) is 3.17. The molecule has 1 fully saturated rings. The van der Waals surface area contributed by atoms with Crippen molar-refractivity contribution in [2.75, 3.05) is 19.5 Å². The molecule has 0 aromatic heterocycles. The van der Waals surface area contributed by atoms with Gasteiger partial charge in [0.2, 0.25) is 0 Å². The van der Waals surface area contributed by atoms with Gasteiger partial charge in [-0.05, 0) is 63.8 Å². The first-order valence-electron chi connectivity index (χ1n) is 8.50. The van der Waals surface area contributed by atoms with Crippen LogP contribution in [0.5, 0.6) is 11.5 Å². The number of hydrogen-bond acceptors (Lipinski definition) is 5. The topological polar surface area (TPSA) is 59.6 Å². The molecule has 3 rings (SSSR count). The molecule has 5 nitrogen and oxygen atoms in total. The van der Waals surface area contributed by atoms with E-state index in [2.05, 4.69) is 45.6 Å². The third-order valence-electron chi connectivity index (χ3n) is 4.14. The van der Waals surface area contributed by atoms with Crippen LogP contribution in [0, 0.1) is 0 Å². The fourth-order valence-corrected chi connectivity index (χ4v) is 4.33. The van der Waals surface area contributed by atoms with Crippen molar-refractivity contribution in [3.63, 3.8) is 0 Å². The van der Waals surface area contributed by atoms with Crippen molar-refractivity contribution in [3.8, 4) is 11.5 Å². The van der Waals surface area contributed by atoms with Gasteiger partial charge in [0.25, 0.3) is 5.91 Å². The summed E-state index contributed by atoms with van der Waals surface area (Å²) in [6.45, 7) is 2.12. The van der Waals surface area contributed by atoms with Crippen LogP contribution in [0.2, 0.25) is 0 Å². The van der Waals surface area contributed by atoms with Gasteiger partial charge in [0.1, 0.15) is 0 Å². The largest absolute Gasteiger partial charge is 0.493 e. The number of ether oxygens (including phenoxy) is 2. The third-order valence-corrected chi connectivity index (χ3v) is 5.76. The van der Waals surface area contributed by atoms with Crippen molar-refractivity contribution in [1.29, 1.82) is 0 Å². The molecule has 2 N–H and O–H groups in total. The Labute approximate surface area is 171 Å². The standard InChI is InChI=1S/C20H21BrN2O3S/c1-4-12-5-7-14(8-6-12)22-20-23-19(24)17(27-20)11-13-9-15(21)18(26-3)16(10-13)25-2/h5-11,20,22H,4H2,1-3H3,(H,23,24)/b17-11+. The minimum Gasteiger partial charge on any atom is -0.493 e. The molecule has 27 heavy (non-hydrogen) atoms. The molecule has 0 spiro atoms. The van der Waals surface area contributed by atoms with Crippen LogP contribution in [-0.2, 0) is 11.2 Å². The van der Waals surface area contributed by atoms with Gasteiger partial charge in [-0.25, -0.2) is 0 Å². The Kier molecular flexibility index (Phi) is 6.34. The zero-order valence-corrected chi connectivity index (χ0v) is 17.7. The SMILES string of the molecule is CCc1ccc(NC2NC(=O)/C(=C\c3cc(Br)c(OC)c(OC)c3)S2)cc1. The van der Waals surface area contributed by atoms with Gasteiger partial charge < -0.3 is 20.1 Å². The molecule has 1 heterocycles. The number of anilines is 1. The lowest BCUT2D eigenvalue weighted by atomic mass is 10.1. The molecular formula is C20H21BrN2O3S. The Morgan fingerprint density at radius 2 is 1.96 bits per heavy atom. The highest BCUT2D eigenvalue weighted by molar-refractivity contribution is 9.10. The summed E-state index contributed by atoms with van der Waals surface area (Å²) in [4.78, 5) is 13.0. The predicted octanol–water partition coefficient (Wildman–Crippen LogP) is 4.63. The molecule has 1 atom stereocenters. The van der Waals surface area contributed by atoms with E-state index in [-0.39, 0.29) is 11.4 Å². The summed E-state index contributed by atoms with van der Waals surface area (Å²) < 4.78 is 11.5.